The Labute approximate surface area is 209 Å². The molecule has 1 unspecified atom stereocenters. The molecule has 0 bridgehead atoms. The van der Waals surface area contributed by atoms with E-state index in [1.807, 2.05) is 39.0 Å². The number of halogens is 1. The Bertz CT molecular complexity index is 1450. The third-order valence-electron chi connectivity index (χ3n) is 5.91. The van der Waals surface area contributed by atoms with Crippen molar-refractivity contribution in [2.75, 3.05) is 19.0 Å². The summed E-state index contributed by atoms with van der Waals surface area (Å²) in [5.41, 5.74) is 0.849. The van der Waals surface area contributed by atoms with Crippen molar-refractivity contribution in [2.45, 2.75) is 26.8 Å². The van der Waals surface area contributed by atoms with E-state index in [1.54, 1.807) is 47.4 Å². The van der Waals surface area contributed by atoms with Crippen LogP contribution in [0.2, 0.25) is 0 Å². The lowest BCUT2D eigenvalue weighted by Crippen LogP contribution is -2.42. The minimum atomic E-state index is -0.638. The van der Waals surface area contributed by atoms with Crippen molar-refractivity contribution in [2.24, 2.45) is 5.92 Å². The van der Waals surface area contributed by atoms with Crippen molar-refractivity contribution in [3.63, 3.8) is 0 Å². The predicted molar refractivity (Wildman–Crippen MR) is 139 cm³/mol. The molecule has 7 nitrogen and oxygen atoms in total. The largest absolute Gasteiger partial charge is 0.495 e. The molecular weight excluding hydrogens is 459 g/mol. The van der Waals surface area contributed by atoms with Gasteiger partial charge in [-0.2, -0.15) is 0 Å². The number of nitrogens with zero attached hydrogens (tertiary/aromatic N) is 3. The number of rotatable bonds is 7. The van der Waals surface area contributed by atoms with Gasteiger partial charge in [-0.3, -0.25) is 9.36 Å². The number of hydrogen-bond donors (Lipinski definition) is 1. The fourth-order valence-electron chi connectivity index (χ4n) is 4.18. The zero-order valence-electron chi connectivity index (χ0n) is 20.7. The van der Waals surface area contributed by atoms with Crippen LogP contribution in [0.1, 0.15) is 32.6 Å². The molecule has 3 aromatic carbocycles. The van der Waals surface area contributed by atoms with E-state index in [-0.39, 0.29) is 17.2 Å². The minimum absolute atomic E-state index is 0.0806. The third-order valence-corrected chi connectivity index (χ3v) is 5.91. The van der Waals surface area contributed by atoms with Crippen molar-refractivity contribution in [1.82, 2.24) is 14.5 Å². The molecule has 0 saturated heterocycles. The Balaban J connectivity index is 1.88. The smallest absolute Gasteiger partial charge is 0.322 e. The number of ether oxygens (including phenoxy) is 1. The summed E-state index contributed by atoms with van der Waals surface area (Å²) in [6.45, 7) is 6.14. The molecule has 0 aliphatic rings. The first-order valence-corrected chi connectivity index (χ1v) is 11.8. The van der Waals surface area contributed by atoms with Crippen molar-refractivity contribution in [1.29, 1.82) is 0 Å². The monoisotopic (exact) mass is 488 g/mol. The highest BCUT2D eigenvalue weighted by molar-refractivity contribution is 5.89. The quantitative estimate of drug-likeness (QED) is 0.358. The number of nitrogens with one attached hydrogen (secondary N) is 1. The molecule has 4 aromatic rings. The Kier molecular flexibility index (Phi) is 7.33. The zero-order valence-corrected chi connectivity index (χ0v) is 20.7. The van der Waals surface area contributed by atoms with Crippen LogP contribution in [0.4, 0.5) is 14.9 Å². The Morgan fingerprint density at radius 2 is 1.69 bits per heavy atom. The van der Waals surface area contributed by atoms with Gasteiger partial charge >= 0.3 is 6.03 Å². The summed E-state index contributed by atoms with van der Waals surface area (Å²) in [5.74, 6) is 0.437. The van der Waals surface area contributed by atoms with Crippen molar-refractivity contribution in [3.8, 4) is 11.4 Å². The van der Waals surface area contributed by atoms with Crippen LogP contribution in [0.3, 0.4) is 0 Å². The molecule has 1 heterocycles. The highest BCUT2D eigenvalue weighted by atomic mass is 19.1. The van der Waals surface area contributed by atoms with Crippen molar-refractivity contribution < 1.29 is 13.9 Å². The second-order valence-electron chi connectivity index (χ2n) is 8.93. The van der Waals surface area contributed by atoms with E-state index in [1.165, 1.54) is 23.8 Å². The molecule has 0 saturated carbocycles. The van der Waals surface area contributed by atoms with Gasteiger partial charge in [0, 0.05) is 6.54 Å². The number of methoxy groups -OCH3 is 1. The van der Waals surface area contributed by atoms with Crippen LogP contribution in [-0.2, 0) is 0 Å². The van der Waals surface area contributed by atoms with Crippen molar-refractivity contribution in [3.05, 3.63) is 94.8 Å². The van der Waals surface area contributed by atoms with Crippen LogP contribution in [0.15, 0.2) is 77.6 Å². The van der Waals surface area contributed by atoms with E-state index in [2.05, 4.69) is 5.32 Å². The molecule has 2 amide bonds. The molecule has 1 N–H and O–H groups in total. The highest BCUT2D eigenvalue weighted by Crippen LogP contribution is 2.28. The minimum Gasteiger partial charge on any atom is -0.495 e. The SMILES string of the molecule is COc1ccccc1-n1c(C(C)N(CC(C)C)C(=O)Nc2ccccc2F)nc2ccccc2c1=O. The number of urea groups is 1. The van der Waals surface area contributed by atoms with Gasteiger partial charge in [0.15, 0.2) is 0 Å². The van der Waals surface area contributed by atoms with Crippen LogP contribution < -0.4 is 15.6 Å². The van der Waals surface area contributed by atoms with Crippen LogP contribution >= 0.6 is 0 Å². The lowest BCUT2D eigenvalue weighted by atomic mass is 10.1. The fraction of sp³-hybridized carbons (Fsp3) is 0.250. The molecule has 8 heteroatoms. The summed E-state index contributed by atoms with van der Waals surface area (Å²) in [6, 6.07) is 19.1. The number of aromatic nitrogens is 2. The Hall–Kier alpha value is -4.20. The van der Waals surface area contributed by atoms with Gasteiger partial charge in [-0.05, 0) is 49.2 Å². The van der Waals surface area contributed by atoms with Gasteiger partial charge in [-0.1, -0.05) is 50.2 Å². The molecular formula is C28H29FN4O3. The average molecular weight is 489 g/mol. The van der Waals surface area contributed by atoms with E-state index in [9.17, 15) is 14.0 Å². The summed E-state index contributed by atoms with van der Waals surface area (Å²) in [5, 5.41) is 3.12. The number of para-hydroxylation sites is 4. The molecule has 1 atom stereocenters. The molecule has 0 spiro atoms. The number of benzene rings is 3. The molecule has 186 valence electrons. The normalized spacial score (nSPS) is 11.9. The van der Waals surface area contributed by atoms with Crippen LogP contribution in [-0.4, -0.2) is 34.1 Å². The maximum Gasteiger partial charge on any atom is 0.322 e. The van der Waals surface area contributed by atoms with E-state index in [4.69, 9.17) is 9.72 Å². The summed E-state index contributed by atoms with van der Waals surface area (Å²) in [7, 11) is 1.54. The number of hydrogen-bond acceptors (Lipinski definition) is 4. The maximum absolute atomic E-state index is 14.3. The number of fused-ring (bicyclic) bond motifs is 1. The Morgan fingerprint density at radius 1 is 1.03 bits per heavy atom. The number of carbonyl (C=O) groups excluding carboxylic acids is 1. The molecule has 4 rings (SSSR count). The summed E-state index contributed by atoms with van der Waals surface area (Å²) in [6.07, 6.45) is 0. The molecule has 0 aliphatic carbocycles. The standard InChI is InChI=1S/C28H29FN4O3/c1-18(2)17-32(28(35)31-23-14-8-6-12-21(23)29)19(3)26-30-22-13-7-5-11-20(22)27(34)33(26)24-15-9-10-16-25(24)36-4/h5-16,18-19H,17H2,1-4H3,(H,31,35). The Morgan fingerprint density at radius 3 is 2.42 bits per heavy atom. The summed E-state index contributed by atoms with van der Waals surface area (Å²) >= 11 is 0. The third kappa shape index (κ3) is 4.93. The summed E-state index contributed by atoms with van der Waals surface area (Å²) < 4.78 is 21.3. The molecule has 36 heavy (non-hydrogen) atoms. The van der Waals surface area contributed by atoms with Gasteiger partial charge in [-0.15, -0.1) is 0 Å². The first kappa shape index (κ1) is 24.9. The lowest BCUT2D eigenvalue weighted by Gasteiger charge is -2.32. The van der Waals surface area contributed by atoms with E-state index in [0.717, 1.165) is 0 Å². The first-order chi connectivity index (χ1) is 17.3. The van der Waals surface area contributed by atoms with E-state index in [0.29, 0.717) is 34.7 Å². The van der Waals surface area contributed by atoms with Crippen LogP contribution in [0.5, 0.6) is 5.75 Å². The second kappa shape index (κ2) is 10.6. The maximum atomic E-state index is 14.3. The van der Waals surface area contributed by atoms with Gasteiger partial charge in [0.05, 0.1) is 35.4 Å². The van der Waals surface area contributed by atoms with E-state index < -0.39 is 17.9 Å². The zero-order chi connectivity index (χ0) is 25.8. The average Bonchev–Trinajstić information content (AvgIpc) is 2.88. The predicted octanol–water partition coefficient (Wildman–Crippen LogP) is 5.78. The van der Waals surface area contributed by atoms with Gasteiger partial charge in [0.1, 0.15) is 17.4 Å². The van der Waals surface area contributed by atoms with E-state index >= 15 is 0 Å². The van der Waals surface area contributed by atoms with Crippen LogP contribution in [0, 0.1) is 11.7 Å². The second-order valence-corrected chi connectivity index (χ2v) is 8.93. The summed E-state index contributed by atoms with van der Waals surface area (Å²) in [4.78, 5) is 33.6. The molecule has 1 aromatic heterocycles. The van der Waals surface area contributed by atoms with Gasteiger partial charge < -0.3 is 15.0 Å². The molecule has 0 radical (unpaired) electrons. The van der Waals surface area contributed by atoms with Gasteiger partial charge in [-0.25, -0.2) is 14.2 Å². The molecule has 0 aliphatic heterocycles. The number of carbonyl (C=O) groups is 1. The topological polar surface area (TPSA) is 76.5 Å². The van der Waals surface area contributed by atoms with Gasteiger partial charge in [0.2, 0.25) is 0 Å². The fourth-order valence-corrected chi connectivity index (χ4v) is 4.18. The highest BCUT2D eigenvalue weighted by Gasteiger charge is 2.28. The lowest BCUT2D eigenvalue weighted by molar-refractivity contribution is 0.179. The van der Waals surface area contributed by atoms with Crippen LogP contribution in [0.25, 0.3) is 16.6 Å². The van der Waals surface area contributed by atoms with Gasteiger partial charge in [0.25, 0.3) is 5.56 Å². The first-order valence-electron chi connectivity index (χ1n) is 11.8. The van der Waals surface area contributed by atoms with Crippen molar-refractivity contribution >= 4 is 22.6 Å². The number of amides is 2. The number of anilines is 1. The molecule has 0 fully saturated rings.